The topological polar surface area (TPSA) is 52.9 Å². The molecule has 8 heteroatoms. The molecule has 2 aliphatic rings. The van der Waals surface area contributed by atoms with Gasteiger partial charge in [0.1, 0.15) is 0 Å². The van der Waals surface area contributed by atoms with Crippen LogP contribution in [0.25, 0.3) is 0 Å². The molecule has 0 bridgehead atoms. The van der Waals surface area contributed by atoms with E-state index in [0.29, 0.717) is 6.42 Å². The van der Waals surface area contributed by atoms with Crippen LogP contribution in [0.4, 0.5) is 13.2 Å². The maximum absolute atomic E-state index is 13.2. The van der Waals surface area contributed by atoms with Gasteiger partial charge in [-0.1, -0.05) is 0 Å². The number of rotatable bonds is 1. The lowest BCUT2D eigenvalue weighted by Gasteiger charge is -2.32. The number of fused-ring (bicyclic) bond motifs is 1. The number of nitrogens with zero attached hydrogens (tertiary/aromatic N) is 2. The molecule has 3 rings (SSSR count). The molecule has 1 aliphatic heterocycles. The van der Waals surface area contributed by atoms with Crippen molar-refractivity contribution in [3.05, 3.63) is 21.4 Å². The van der Waals surface area contributed by atoms with Gasteiger partial charge in [-0.3, -0.25) is 4.79 Å². The van der Waals surface area contributed by atoms with Crippen molar-refractivity contribution in [3.8, 4) is 0 Å². The monoisotopic (exact) mass is 332 g/mol. The number of carbonyl (C=O) groups excluding carboxylic acids is 1. The standard InChI is InChI=1S/C14H15F3N2O2S/c1-8-6-13(21,14(15,16)17)19(18-8)12(20)10-7-22-11-5-3-2-4-9(10)11/h7,21H,2-6H2,1H3/t13-/m1/s1. The Bertz CT molecular complexity index is 653. The van der Waals surface area contributed by atoms with E-state index >= 15 is 0 Å². The molecule has 22 heavy (non-hydrogen) atoms. The number of aliphatic hydroxyl groups is 1. The van der Waals surface area contributed by atoms with Crippen molar-refractivity contribution in [2.45, 2.75) is 50.9 Å². The van der Waals surface area contributed by atoms with E-state index in [2.05, 4.69) is 5.10 Å². The normalized spacial score (nSPS) is 25.1. The molecule has 1 aliphatic carbocycles. The molecular formula is C14H15F3N2O2S. The van der Waals surface area contributed by atoms with Gasteiger partial charge in [-0.2, -0.15) is 23.3 Å². The van der Waals surface area contributed by atoms with Gasteiger partial charge in [0, 0.05) is 22.4 Å². The zero-order valence-electron chi connectivity index (χ0n) is 11.9. The van der Waals surface area contributed by atoms with E-state index < -0.39 is 24.2 Å². The second-order valence-electron chi connectivity index (χ2n) is 5.70. The Kier molecular flexibility index (Phi) is 3.56. The minimum Gasteiger partial charge on any atom is -0.362 e. The summed E-state index contributed by atoms with van der Waals surface area (Å²) in [6.07, 6.45) is -2.21. The number of alkyl halides is 3. The molecule has 1 aromatic heterocycles. The smallest absolute Gasteiger partial charge is 0.362 e. The lowest BCUT2D eigenvalue weighted by molar-refractivity contribution is -0.297. The molecule has 1 amide bonds. The van der Waals surface area contributed by atoms with Crippen LogP contribution in [0.1, 0.15) is 47.0 Å². The first-order valence-electron chi connectivity index (χ1n) is 7.01. The Hall–Kier alpha value is -1.41. The highest BCUT2D eigenvalue weighted by molar-refractivity contribution is 7.10. The molecule has 120 valence electrons. The van der Waals surface area contributed by atoms with Crippen LogP contribution < -0.4 is 0 Å². The van der Waals surface area contributed by atoms with E-state index in [0.717, 1.165) is 29.7 Å². The molecular weight excluding hydrogens is 317 g/mol. The van der Waals surface area contributed by atoms with E-state index in [9.17, 15) is 23.1 Å². The van der Waals surface area contributed by atoms with E-state index in [1.54, 1.807) is 5.38 Å². The summed E-state index contributed by atoms with van der Waals surface area (Å²) in [6, 6.07) is 0. The molecule has 1 atom stereocenters. The lowest BCUT2D eigenvalue weighted by Crippen LogP contribution is -2.56. The highest BCUT2D eigenvalue weighted by atomic mass is 32.1. The summed E-state index contributed by atoms with van der Waals surface area (Å²) in [5.41, 5.74) is -2.12. The number of hydrogen-bond acceptors (Lipinski definition) is 4. The van der Waals surface area contributed by atoms with Gasteiger partial charge in [-0.15, -0.1) is 11.3 Å². The number of thiophene rings is 1. The molecule has 0 unspecified atom stereocenters. The van der Waals surface area contributed by atoms with Crippen LogP contribution in [0.15, 0.2) is 10.5 Å². The maximum Gasteiger partial charge on any atom is 0.438 e. The fraction of sp³-hybridized carbons (Fsp3) is 0.571. The summed E-state index contributed by atoms with van der Waals surface area (Å²) in [6.45, 7) is 1.37. The molecule has 0 saturated heterocycles. The SMILES string of the molecule is CC1=NN(C(=O)c2csc3c2CCCC3)[C@](O)(C(F)(F)F)C1. The highest BCUT2D eigenvalue weighted by Crippen LogP contribution is 2.42. The van der Waals surface area contributed by atoms with Gasteiger partial charge < -0.3 is 5.11 Å². The van der Waals surface area contributed by atoms with Gasteiger partial charge in [0.15, 0.2) is 0 Å². The lowest BCUT2D eigenvalue weighted by atomic mass is 9.95. The van der Waals surface area contributed by atoms with Gasteiger partial charge in [0.05, 0.1) is 5.56 Å². The Labute approximate surface area is 129 Å². The third-order valence-corrected chi connectivity index (χ3v) is 5.15. The van der Waals surface area contributed by atoms with Crippen LogP contribution in [0.2, 0.25) is 0 Å². The predicted molar refractivity (Wildman–Crippen MR) is 75.9 cm³/mol. The van der Waals surface area contributed by atoms with Crippen LogP contribution in [0.5, 0.6) is 0 Å². The highest BCUT2D eigenvalue weighted by Gasteiger charge is 2.62. The van der Waals surface area contributed by atoms with Crippen LogP contribution >= 0.6 is 11.3 Å². The van der Waals surface area contributed by atoms with Gasteiger partial charge in [-0.05, 0) is 38.2 Å². The quantitative estimate of drug-likeness (QED) is 0.859. The Morgan fingerprint density at radius 2 is 2.09 bits per heavy atom. The van der Waals surface area contributed by atoms with Crippen molar-refractivity contribution in [1.82, 2.24) is 5.01 Å². The van der Waals surface area contributed by atoms with Gasteiger partial charge in [0.25, 0.3) is 11.6 Å². The summed E-state index contributed by atoms with van der Waals surface area (Å²) in [7, 11) is 0. The van der Waals surface area contributed by atoms with E-state index in [1.807, 2.05) is 0 Å². The zero-order valence-corrected chi connectivity index (χ0v) is 12.7. The van der Waals surface area contributed by atoms with Crippen LogP contribution in [-0.2, 0) is 12.8 Å². The first-order valence-corrected chi connectivity index (χ1v) is 7.89. The molecule has 0 saturated carbocycles. The van der Waals surface area contributed by atoms with Crippen LogP contribution in [-0.4, -0.2) is 33.6 Å². The summed E-state index contributed by atoms with van der Waals surface area (Å²) in [5, 5.41) is 15.4. The number of aryl methyl sites for hydroxylation is 1. The second kappa shape index (κ2) is 5.06. The predicted octanol–water partition coefficient (Wildman–Crippen LogP) is 3.10. The molecule has 1 N–H and O–H groups in total. The number of carbonyl (C=O) groups is 1. The van der Waals surface area contributed by atoms with Crippen molar-refractivity contribution < 1.29 is 23.1 Å². The molecule has 4 nitrogen and oxygen atoms in total. The third-order valence-electron chi connectivity index (χ3n) is 4.06. The molecule has 1 aromatic rings. The van der Waals surface area contributed by atoms with Gasteiger partial charge >= 0.3 is 6.18 Å². The largest absolute Gasteiger partial charge is 0.438 e. The van der Waals surface area contributed by atoms with E-state index in [1.165, 1.54) is 18.3 Å². The van der Waals surface area contributed by atoms with Crippen molar-refractivity contribution in [2.75, 3.05) is 0 Å². The summed E-state index contributed by atoms with van der Waals surface area (Å²) >= 11 is 1.39. The second-order valence-corrected chi connectivity index (χ2v) is 6.67. The first kappa shape index (κ1) is 15.5. The first-order chi connectivity index (χ1) is 10.2. The van der Waals surface area contributed by atoms with Crippen LogP contribution in [0.3, 0.4) is 0 Å². The molecule has 0 fully saturated rings. The molecule has 0 radical (unpaired) electrons. The van der Waals surface area contributed by atoms with Gasteiger partial charge in [0.2, 0.25) is 0 Å². The Morgan fingerprint density at radius 3 is 2.77 bits per heavy atom. The van der Waals surface area contributed by atoms with E-state index in [4.69, 9.17) is 0 Å². The van der Waals surface area contributed by atoms with Crippen molar-refractivity contribution in [1.29, 1.82) is 0 Å². The maximum atomic E-state index is 13.2. The number of halogens is 3. The minimum atomic E-state index is -4.96. The minimum absolute atomic E-state index is 0.0808. The molecule has 0 spiro atoms. The average Bonchev–Trinajstić information content (AvgIpc) is 2.99. The zero-order chi connectivity index (χ0) is 16.1. The third kappa shape index (κ3) is 2.25. The fourth-order valence-corrected chi connectivity index (χ4v) is 4.06. The van der Waals surface area contributed by atoms with Crippen molar-refractivity contribution in [3.63, 3.8) is 0 Å². The number of hydrogen-bond donors (Lipinski definition) is 1. The van der Waals surface area contributed by atoms with E-state index in [-0.39, 0.29) is 16.3 Å². The Balaban J connectivity index is 1.99. The summed E-state index contributed by atoms with van der Waals surface area (Å²) < 4.78 is 39.6. The summed E-state index contributed by atoms with van der Waals surface area (Å²) in [5.74, 6) is -0.879. The van der Waals surface area contributed by atoms with Crippen molar-refractivity contribution in [2.24, 2.45) is 5.10 Å². The van der Waals surface area contributed by atoms with Crippen molar-refractivity contribution >= 4 is 23.0 Å². The number of amides is 1. The fourth-order valence-electron chi connectivity index (χ4n) is 2.94. The molecule has 2 heterocycles. The Morgan fingerprint density at radius 1 is 1.41 bits per heavy atom. The molecule has 0 aromatic carbocycles. The van der Waals surface area contributed by atoms with Crippen LogP contribution in [0, 0.1) is 0 Å². The summed E-state index contributed by atoms with van der Waals surface area (Å²) in [4.78, 5) is 13.6. The average molecular weight is 332 g/mol. The van der Waals surface area contributed by atoms with Gasteiger partial charge in [-0.25, -0.2) is 0 Å². The number of hydrazone groups is 1.